The van der Waals surface area contributed by atoms with Gasteiger partial charge in [0.2, 0.25) is 0 Å². The van der Waals surface area contributed by atoms with E-state index in [4.69, 9.17) is 0 Å². The quantitative estimate of drug-likeness (QED) is 0.714. The second-order valence-corrected chi connectivity index (χ2v) is 3.49. The third-order valence-corrected chi connectivity index (χ3v) is 2.11. The van der Waals surface area contributed by atoms with Crippen LogP contribution in [0.5, 0.6) is 0 Å². The van der Waals surface area contributed by atoms with E-state index in [9.17, 15) is 4.79 Å². The first-order valence-corrected chi connectivity index (χ1v) is 5.12. The molecule has 78 valence electrons. The van der Waals surface area contributed by atoms with E-state index in [1.54, 1.807) is 10.6 Å². The molecular formula is C11H18N2O. The van der Waals surface area contributed by atoms with Gasteiger partial charge in [0, 0.05) is 25.4 Å². The molecule has 1 aromatic rings. The molecule has 0 fully saturated rings. The summed E-state index contributed by atoms with van der Waals surface area (Å²) in [6.45, 7) is 6.68. The first-order chi connectivity index (χ1) is 6.74. The Kier molecular flexibility index (Phi) is 4.40. The van der Waals surface area contributed by atoms with Crippen molar-refractivity contribution in [2.24, 2.45) is 0 Å². The van der Waals surface area contributed by atoms with Gasteiger partial charge in [0.1, 0.15) is 0 Å². The molecule has 1 aromatic heterocycles. The van der Waals surface area contributed by atoms with Crippen molar-refractivity contribution in [1.29, 1.82) is 0 Å². The van der Waals surface area contributed by atoms with Gasteiger partial charge >= 0.3 is 0 Å². The van der Waals surface area contributed by atoms with Gasteiger partial charge in [-0.3, -0.25) is 4.79 Å². The van der Waals surface area contributed by atoms with E-state index in [1.807, 2.05) is 19.2 Å². The summed E-state index contributed by atoms with van der Waals surface area (Å²) >= 11 is 0. The highest BCUT2D eigenvalue weighted by Gasteiger charge is 1.94. The van der Waals surface area contributed by atoms with Gasteiger partial charge in [-0.25, -0.2) is 0 Å². The molecule has 0 unspecified atom stereocenters. The van der Waals surface area contributed by atoms with E-state index in [0.29, 0.717) is 0 Å². The lowest BCUT2D eigenvalue weighted by Gasteiger charge is -2.06. The lowest BCUT2D eigenvalue weighted by atomic mass is 10.3. The maximum Gasteiger partial charge on any atom is 0.250 e. The van der Waals surface area contributed by atoms with Crippen molar-refractivity contribution in [2.75, 3.05) is 13.1 Å². The molecule has 0 amide bonds. The van der Waals surface area contributed by atoms with Crippen LogP contribution in [0.3, 0.4) is 0 Å². The summed E-state index contributed by atoms with van der Waals surface area (Å²) in [5, 5.41) is 3.27. The second kappa shape index (κ2) is 5.60. The predicted molar refractivity (Wildman–Crippen MR) is 58.6 cm³/mol. The highest BCUT2D eigenvalue weighted by molar-refractivity contribution is 5.07. The van der Waals surface area contributed by atoms with Gasteiger partial charge in [0.05, 0.1) is 0 Å². The van der Waals surface area contributed by atoms with Crippen LogP contribution in [0.1, 0.15) is 18.9 Å². The fourth-order valence-corrected chi connectivity index (χ4v) is 1.29. The molecule has 0 aliphatic heterocycles. The number of rotatable bonds is 5. The molecule has 0 radical (unpaired) electrons. The van der Waals surface area contributed by atoms with Crippen LogP contribution in [0.15, 0.2) is 23.1 Å². The Bertz CT molecular complexity index is 330. The fraction of sp³-hybridized carbons (Fsp3) is 0.545. The molecule has 3 heteroatoms. The summed E-state index contributed by atoms with van der Waals surface area (Å²) in [6.07, 6.45) is 2.98. The first kappa shape index (κ1) is 11.0. The minimum atomic E-state index is 0.0864. The van der Waals surface area contributed by atoms with Crippen LogP contribution >= 0.6 is 0 Å². The minimum Gasteiger partial charge on any atom is -0.315 e. The van der Waals surface area contributed by atoms with Crippen LogP contribution < -0.4 is 10.9 Å². The van der Waals surface area contributed by atoms with Crippen molar-refractivity contribution >= 4 is 0 Å². The molecule has 0 aromatic carbocycles. The summed E-state index contributed by atoms with van der Waals surface area (Å²) in [6, 6.07) is 3.63. The van der Waals surface area contributed by atoms with Gasteiger partial charge in [-0.2, -0.15) is 0 Å². The number of aryl methyl sites for hydroxylation is 1. The maximum absolute atomic E-state index is 11.4. The molecule has 14 heavy (non-hydrogen) atoms. The average molecular weight is 194 g/mol. The summed E-state index contributed by atoms with van der Waals surface area (Å²) in [5.41, 5.74) is 1.11. The zero-order valence-electron chi connectivity index (χ0n) is 8.92. The van der Waals surface area contributed by atoms with Gasteiger partial charge in [-0.15, -0.1) is 0 Å². The number of hydrogen-bond donors (Lipinski definition) is 1. The van der Waals surface area contributed by atoms with Gasteiger partial charge in [0.15, 0.2) is 0 Å². The number of pyridine rings is 1. The molecule has 0 aliphatic carbocycles. The Labute approximate surface area is 84.8 Å². The predicted octanol–water partition coefficient (Wildman–Crippen LogP) is 1.16. The lowest BCUT2D eigenvalue weighted by molar-refractivity contribution is 0.581. The van der Waals surface area contributed by atoms with Crippen LogP contribution in [-0.2, 0) is 6.54 Å². The smallest absolute Gasteiger partial charge is 0.250 e. The van der Waals surface area contributed by atoms with E-state index >= 15 is 0 Å². The molecular weight excluding hydrogens is 176 g/mol. The zero-order valence-corrected chi connectivity index (χ0v) is 8.92. The lowest BCUT2D eigenvalue weighted by Crippen LogP contribution is -2.26. The molecule has 0 aliphatic rings. The van der Waals surface area contributed by atoms with Crippen LogP contribution in [0.4, 0.5) is 0 Å². The highest BCUT2D eigenvalue weighted by Crippen LogP contribution is 1.90. The largest absolute Gasteiger partial charge is 0.315 e. The topological polar surface area (TPSA) is 34.0 Å². The highest BCUT2D eigenvalue weighted by atomic mass is 16.1. The molecule has 0 atom stereocenters. The van der Waals surface area contributed by atoms with Gasteiger partial charge in [0.25, 0.3) is 5.56 Å². The van der Waals surface area contributed by atoms with Crippen molar-refractivity contribution in [1.82, 2.24) is 9.88 Å². The summed E-state index contributed by atoms with van der Waals surface area (Å²) in [7, 11) is 0. The van der Waals surface area contributed by atoms with Crippen molar-refractivity contribution in [3.63, 3.8) is 0 Å². The average Bonchev–Trinajstić information content (AvgIpc) is 2.15. The zero-order chi connectivity index (χ0) is 10.4. The van der Waals surface area contributed by atoms with Crippen LogP contribution in [-0.4, -0.2) is 17.7 Å². The number of nitrogens with zero attached hydrogens (tertiary/aromatic N) is 1. The molecule has 0 saturated heterocycles. The van der Waals surface area contributed by atoms with E-state index in [2.05, 4.69) is 12.2 Å². The molecule has 0 saturated carbocycles. The molecule has 0 spiro atoms. The van der Waals surface area contributed by atoms with E-state index in [0.717, 1.165) is 31.6 Å². The number of nitrogens with one attached hydrogen (secondary N) is 1. The van der Waals surface area contributed by atoms with Gasteiger partial charge in [-0.05, 0) is 31.5 Å². The van der Waals surface area contributed by atoms with Gasteiger partial charge in [-0.1, -0.05) is 6.92 Å². The van der Waals surface area contributed by atoms with Crippen LogP contribution in [0, 0.1) is 6.92 Å². The van der Waals surface area contributed by atoms with Crippen LogP contribution in [0.2, 0.25) is 0 Å². The second-order valence-electron chi connectivity index (χ2n) is 3.49. The van der Waals surface area contributed by atoms with Crippen molar-refractivity contribution in [3.8, 4) is 0 Å². The molecule has 1 rings (SSSR count). The summed E-state index contributed by atoms with van der Waals surface area (Å²) < 4.78 is 1.73. The van der Waals surface area contributed by atoms with Crippen molar-refractivity contribution < 1.29 is 0 Å². The van der Waals surface area contributed by atoms with Crippen molar-refractivity contribution in [2.45, 2.75) is 26.8 Å². The Balaban J connectivity index is 2.47. The Morgan fingerprint density at radius 2 is 2.21 bits per heavy atom. The minimum absolute atomic E-state index is 0.0864. The molecule has 0 bridgehead atoms. The molecule has 1 N–H and O–H groups in total. The standard InChI is InChI=1S/C11H18N2O/c1-3-5-12-6-8-13-7-4-10(2)9-11(13)14/h4,7,9,12H,3,5-6,8H2,1-2H3. The Hall–Kier alpha value is -1.09. The molecule has 1 heterocycles. The fourth-order valence-electron chi connectivity index (χ4n) is 1.29. The van der Waals surface area contributed by atoms with Gasteiger partial charge < -0.3 is 9.88 Å². The number of hydrogen-bond acceptors (Lipinski definition) is 2. The SMILES string of the molecule is CCCNCCn1ccc(C)cc1=O. The normalized spacial score (nSPS) is 10.4. The van der Waals surface area contributed by atoms with Crippen molar-refractivity contribution in [3.05, 3.63) is 34.2 Å². The monoisotopic (exact) mass is 194 g/mol. The maximum atomic E-state index is 11.4. The van der Waals surface area contributed by atoms with E-state index in [1.165, 1.54) is 0 Å². The molecule has 3 nitrogen and oxygen atoms in total. The van der Waals surface area contributed by atoms with Crippen LogP contribution in [0.25, 0.3) is 0 Å². The third kappa shape index (κ3) is 3.34. The Morgan fingerprint density at radius 1 is 1.43 bits per heavy atom. The summed E-state index contributed by atoms with van der Waals surface area (Å²) in [4.78, 5) is 11.4. The third-order valence-electron chi connectivity index (χ3n) is 2.11. The van der Waals surface area contributed by atoms with E-state index in [-0.39, 0.29) is 5.56 Å². The van der Waals surface area contributed by atoms with E-state index < -0.39 is 0 Å². The Morgan fingerprint density at radius 3 is 2.86 bits per heavy atom. The number of aromatic nitrogens is 1. The summed E-state index contributed by atoms with van der Waals surface area (Å²) in [5.74, 6) is 0. The first-order valence-electron chi connectivity index (χ1n) is 5.12.